The topological polar surface area (TPSA) is 169 Å². The third-order valence-electron chi connectivity index (χ3n) is 7.55. The fraction of sp³-hybridized carbons (Fsp3) is 0.433. The molecule has 240 valence electrons. The molecule has 3 aromatic heterocycles. The molecule has 0 aliphatic heterocycles. The second-order valence-corrected chi connectivity index (χ2v) is 10.5. The highest BCUT2D eigenvalue weighted by Gasteiger charge is 2.38. The van der Waals surface area contributed by atoms with Crippen LogP contribution in [-0.4, -0.2) is 69.6 Å². The van der Waals surface area contributed by atoms with Crippen LogP contribution >= 0.6 is 0 Å². The molecule has 0 radical (unpaired) electrons. The number of amides is 2. The Morgan fingerprint density at radius 1 is 1.09 bits per heavy atom. The van der Waals surface area contributed by atoms with Crippen molar-refractivity contribution in [2.45, 2.75) is 52.2 Å². The van der Waals surface area contributed by atoms with Gasteiger partial charge in [0.25, 0.3) is 18.3 Å². The maximum atomic E-state index is 14.9. The molecule has 4 N–H and O–H groups in total. The Kier molecular flexibility index (Phi) is 10.3. The molecular formula is C30H37FN8O6. The molecule has 1 aliphatic carbocycles. The van der Waals surface area contributed by atoms with Crippen molar-refractivity contribution in [2.75, 3.05) is 26.9 Å². The largest absolute Gasteiger partial charge is 0.494 e. The summed E-state index contributed by atoms with van der Waals surface area (Å²) in [4.78, 5) is 29.6. The van der Waals surface area contributed by atoms with E-state index in [2.05, 4.69) is 32.9 Å². The molecule has 15 heteroatoms. The number of carbonyl (C=O) groups is 2. The lowest BCUT2D eigenvalue weighted by Crippen LogP contribution is -2.32. The Hall–Kier alpha value is -4.44. The first-order valence-corrected chi connectivity index (χ1v) is 14.7. The molecule has 5 rings (SSSR count). The minimum atomic E-state index is -0.781. The zero-order valence-electron chi connectivity index (χ0n) is 25.4. The predicted molar refractivity (Wildman–Crippen MR) is 159 cm³/mol. The van der Waals surface area contributed by atoms with E-state index in [0.29, 0.717) is 31.7 Å². The van der Waals surface area contributed by atoms with Gasteiger partial charge in [-0.2, -0.15) is 0 Å². The number of aromatic nitrogens is 5. The molecule has 1 fully saturated rings. The summed E-state index contributed by atoms with van der Waals surface area (Å²) in [5, 5.41) is 10.6. The molecule has 2 unspecified atom stereocenters. The molecular weight excluding hydrogens is 587 g/mol. The predicted octanol–water partition coefficient (Wildman–Crippen LogP) is 2.52. The van der Waals surface area contributed by atoms with Gasteiger partial charge in [0, 0.05) is 43.3 Å². The van der Waals surface area contributed by atoms with Crippen LogP contribution in [0.4, 0.5) is 4.39 Å². The summed E-state index contributed by atoms with van der Waals surface area (Å²) >= 11 is 0. The van der Waals surface area contributed by atoms with E-state index in [0.717, 1.165) is 24.2 Å². The second-order valence-electron chi connectivity index (χ2n) is 10.5. The minimum Gasteiger partial charge on any atom is -0.494 e. The maximum Gasteiger partial charge on any atom is 0.273 e. The van der Waals surface area contributed by atoms with Crippen LogP contribution in [0.15, 0.2) is 42.9 Å². The summed E-state index contributed by atoms with van der Waals surface area (Å²) in [5.41, 5.74) is 4.64. The summed E-state index contributed by atoms with van der Waals surface area (Å²) < 4.78 is 40.0. The van der Waals surface area contributed by atoms with Gasteiger partial charge in [-0.05, 0) is 62.3 Å². The number of nitrogens with one attached hydrogen (secondary N) is 2. The smallest absolute Gasteiger partial charge is 0.273 e. The number of nitrogen functional groups attached to an aromatic ring is 1. The van der Waals surface area contributed by atoms with Crippen molar-refractivity contribution in [1.29, 1.82) is 0 Å². The Bertz CT molecular complexity index is 1640. The van der Waals surface area contributed by atoms with Crippen LogP contribution in [0.25, 0.3) is 5.65 Å². The minimum absolute atomic E-state index is 0.0202. The average Bonchev–Trinajstić information content (AvgIpc) is 3.45. The summed E-state index contributed by atoms with van der Waals surface area (Å²) in [7, 11) is 1.30. The number of carbonyl (C=O) groups excluding carboxylic acids is 2. The van der Waals surface area contributed by atoms with E-state index in [1.54, 1.807) is 0 Å². The van der Waals surface area contributed by atoms with E-state index >= 15 is 0 Å². The fourth-order valence-electron chi connectivity index (χ4n) is 5.19. The van der Waals surface area contributed by atoms with E-state index in [1.165, 1.54) is 35.7 Å². The lowest BCUT2D eigenvalue weighted by Gasteiger charge is -2.16. The van der Waals surface area contributed by atoms with E-state index in [9.17, 15) is 14.0 Å². The molecule has 1 saturated carbocycles. The van der Waals surface area contributed by atoms with Gasteiger partial charge >= 0.3 is 0 Å². The van der Waals surface area contributed by atoms with Crippen molar-refractivity contribution in [1.82, 2.24) is 35.1 Å². The summed E-state index contributed by atoms with van der Waals surface area (Å²) in [6.07, 6.45) is 7.51. The summed E-state index contributed by atoms with van der Waals surface area (Å²) in [5.74, 6) is 4.06. The highest BCUT2D eigenvalue weighted by molar-refractivity contribution is 5.96. The van der Waals surface area contributed by atoms with Gasteiger partial charge in [-0.25, -0.2) is 19.9 Å². The molecule has 1 aliphatic rings. The van der Waals surface area contributed by atoms with Crippen molar-refractivity contribution >= 4 is 17.5 Å². The van der Waals surface area contributed by atoms with Crippen molar-refractivity contribution in [3.8, 4) is 5.75 Å². The van der Waals surface area contributed by atoms with Crippen LogP contribution < -0.4 is 21.3 Å². The molecule has 1 aromatic carbocycles. The number of imidazole rings is 1. The number of ether oxygens (including phenoxy) is 4. The Morgan fingerprint density at radius 2 is 1.89 bits per heavy atom. The van der Waals surface area contributed by atoms with Gasteiger partial charge in [0.15, 0.2) is 17.3 Å². The lowest BCUT2D eigenvalue weighted by molar-refractivity contribution is -0.285. The van der Waals surface area contributed by atoms with Gasteiger partial charge in [-0.15, -0.1) is 5.10 Å². The van der Waals surface area contributed by atoms with Crippen LogP contribution in [0.3, 0.4) is 0 Å². The van der Waals surface area contributed by atoms with E-state index in [1.807, 2.05) is 35.9 Å². The normalized spacial score (nSPS) is 15.9. The first-order valence-electron chi connectivity index (χ1n) is 14.7. The van der Waals surface area contributed by atoms with Crippen LogP contribution in [0, 0.1) is 11.7 Å². The van der Waals surface area contributed by atoms with Crippen molar-refractivity contribution in [3.05, 3.63) is 76.8 Å². The van der Waals surface area contributed by atoms with Crippen molar-refractivity contribution in [2.24, 2.45) is 11.8 Å². The fourth-order valence-corrected chi connectivity index (χ4v) is 5.19. The molecule has 4 aromatic rings. The number of nitrogens with two attached hydrogens (primary N) is 1. The highest BCUT2D eigenvalue weighted by atomic mass is 19.1. The van der Waals surface area contributed by atoms with Crippen LogP contribution in [0.5, 0.6) is 5.75 Å². The number of benzene rings is 1. The Morgan fingerprint density at radius 3 is 2.62 bits per heavy atom. The van der Waals surface area contributed by atoms with Gasteiger partial charge in [0.05, 0.1) is 32.2 Å². The summed E-state index contributed by atoms with van der Waals surface area (Å²) in [6.45, 7) is 4.82. The highest BCUT2D eigenvalue weighted by Crippen LogP contribution is 2.49. The molecule has 0 spiro atoms. The van der Waals surface area contributed by atoms with Crippen LogP contribution in [-0.2, 0) is 27.3 Å². The number of pyridine rings is 1. The quantitative estimate of drug-likeness (QED) is 0.0729. The zero-order chi connectivity index (χ0) is 31.9. The second kappa shape index (κ2) is 14.6. The number of nitrogens with zero attached hydrogens (tertiary/aromatic N) is 5. The first-order chi connectivity index (χ1) is 21.8. The van der Waals surface area contributed by atoms with Gasteiger partial charge in [-0.3, -0.25) is 15.0 Å². The first kappa shape index (κ1) is 32.0. The molecule has 2 amide bonds. The molecule has 14 nitrogen and oxygen atoms in total. The molecule has 0 bridgehead atoms. The van der Waals surface area contributed by atoms with Crippen LogP contribution in [0.2, 0.25) is 0 Å². The monoisotopic (exact) mass is 624 g/mol. The SMILES string of the molecule is CCOC(OCC)OCCC1CC1c1ccc2nc(Cn3cc(C(=O)NCc4c(C(=O)NN)ccc(OC)c4F)nn3)cn2c1. The van der Waals surface area contributed by atoms with Gasteiger partial charge < -0.3 is 28.7 Å². The molecule has 2 atom stereocenters. The number of hydrazine groups is 1. The number of fused-ring (bicyclic) bond motifs is 1. The standard InChI is InChI=1S/C30H37FN8O6/c1-4-43-30(44-5-2)45-11-10-18-12-22(18)19-6-9-26-34-20(15-38(26)14-19)16-39-17-24(36-37-39)29(41)33-13-23-21(28(40)35-32)7-8-25(42-3)27(23)31/h6-9,14-15,17-18,22,30H,4-5,10-13,16,32H2,1-3H3,(H,33,41)(H,35,40). The van der Waals surface area contributed by atoms with Crippen molar-refractivity contribution < 1.29 is 32.9 Å². The molecule has 3 heterocycles. The number of hydrogen-bond acceptors (Lipinski definition) is 10. The number of halogens is 1. The van der Waals surface area contributed by atoms with E-state index in [-0.39, 0.29) is 35.7 Å². The lowest BCUT2D eigenvalue weighted by atomic mass is 10.1. The van der Waals surface area contributed by atoms with E-state index in [4.69, 9.17) is 24.8 Å². The third kappa shape index (κ3) is 7.62. The molecule has 0 saturated heterocycles. The number of rotatable bonds is 16. The van der Waals surface area contributed by atoms with Gasteiger partial charge in [0.2, 0.25) is 0 Å². The van der Waals surface area contributed by atoms with Crippen molar-refractivity contribution in [3.63, 3.8) is 0 Å². The van der Waals surface area contributed by atoms with Crippen LogP contribution in [0.1, 0.15) is 70.3 Å². The Labute approximate surface area is 258 Å². The third-order valence-corrected chi connectivity index (χ3v) is 7.55. The maximum absolute atomic E-state index is 14.9. The van der Waals surface area contributed by atoms with Gasteiger partial charge in [-0.1, -0.05) is 11.3 Å². The van der Waals surface area contributed by atoms with Gasteiger partial charge in [0.1, 0.15) is 5.65 Å². The average molecular weight is 625 g/mol. The number of methoxy groups -OCH3 is 1. The summed E-state index contributed by atoms with van der Waals surface area (Å²) in [6, 6.07) is 6.76. The van der Waals surface area contributed by atoms with E-state index < -0.39 is 24.1 Å². The number of hydrogen-bond donors (Lipinski definition) is 3. The molecule has 45 heavy (non-hydrogen) atoms. The Balaban J connectivity index is 1.16. The zero-order valence-corrected chi connectivity index (χ0v) is 25.4.